The first-order chi connectivity index (χ1) is 10.3. The number of fused-ring (bicyclic) bond motifs is 1. The van der Waals surface area contributed by atoms with Crippen molar-refractivity contribution >= 4 is 16.5 Å². The third-order valence-corrected chi connectivity index (χ3v) is 3.59. The first-order valence-electron chi connectivity index (χ1n) is 6.91. The number of phenolic OH excluding ortho intramolecular Hbond substituents is 1. The van der Waals surface area contributed by atoms with Crippen molar-refractivity contribution in [1.29, 1.82) is 0 Å². The van der Waals surface area contributed by atoms with Crippen LogP contribution in [0.5, 0.6) is 5.75 Å². The standard InChI is InChI=1S/C18H17NO2/c20-12-13-4-3-6-15(10-13)19-11-17-16-7-2-1-5-14(16)8-9-18(17)21/h1-10,19-21H,11-12H2. The quantitative estimate of drug-likeness (QED) is 0.683. The van der Waals surface area contributed by atoms with Gasteiger partial charge in [0.2, 0.25) is 0 Å². The van der Waals surface area contributed by atoms with Gasteiger partial charge in [0.25, 0.3) is 0 Å². The third-order valence-electron chi connectivity index (χ3n) is 3.59. The average Bonchev–Trinajstić information content (AvgIpc) is 2.54. The molecule has 3 aromatic rings. The van der Waals surface area contributed by atoms with Gasteiger partial charge >= 0.3 is 0 Å². The molecule has 106 valence electrons. The SMILES string of the molecule is OCc1cccc(NCc2c(O)ccc3ccccc23)c1. The van der Waals surface area contributed by atoms with E-state index in [2.05, 4.69) is 5.32 Å². The van der Waals surface area contributed by atoms with Crippen molar-refractivity contribution in [2.24, 2.45) is 0 Å². The molecule has 0 aliphatic rings. The molecule has 0 spiro atoms. The summed E-state index contributed by atoms with van der Waals surface area (Å²) < 4.78 is 0. The minimum Gasteiger partial charge on any atom is -0.508 e. The Kier molecular flexibility index (Phi) is 3.75. The Bertz CT molecular complexity index is 768. The maximum Gasteiger partial charge on any atom is 0.121 e. The molecular formula is C18H17NO2. The Morgan fingerprint density at radius 2 is 1.76 bits per heavy atom. The number of aliphatic hydroxyl groups excluding tert-OH is 1. The summed E-state index contributed by atoms with van der Waals surface area (Å²) in [7, 11) is 0. The molecule has 3 nitrogen and oxygen atoms in total. The summed E-state index contributed by atoms with van der Waals surface area (Å²) in [6.07, 6.45) is 0. The van der Waals surface area contributed by atoms with E-state index in [1.807, 2.05) is 54.6 Å². The van der Waals surface area contributed by atoms with Crippen LogP contribution in [0.2, 0.25) is 0 Å². The lowest BCUT2D eigenvalue weighted by Gasteiger charge is -2.12. The van der Waals surface area contributed by atoms with Crippen molar-refractivity contribution in [2.75, 3.05) is 5.32 Å². The maximum absolute atomic E-state index is 10.1. The highest BCUT2D eigenvalue weighted by Gasteiger charge is 2.06. The molecule has 3 aromatic carbocycles. The van der Waals surface area contributed by atoms with E-state index < -0.39 is 0 Å². The zero-order chi connectivity index (χ0) is 14.7. The Morgan fingerprint density at radius 1 is 0.905 bits per heavy atom. The van der Waals surface area contributed by atoms with Gasteiger partial charge in [-0.25, -0.2) is 0 Å². The minimum atomic E-state index is 0.0229. The summed E-state index contributed by atoms with van der Waals surface area (Å²) in [5.41, 5.74) is 2.67. The lowest BCUT2D eigenvalue weighted by molar-refractivity contribution is 0.282. The third kappa shape index (κ3) is 2.83. The number of aliphatic hydroxyl groups is 1. The van der Waals surface area contributed by atoms with Gasteiger partial charge in [0, 0.05) is 17.8 Å². The van der Waals surface area contributed by atoms with Crippen LogP contribution in [0.4, 0.5) is 5.69 Å². The predicted molar refractivity (Wildman–Crippen MR) is 85.3 cm³/mol. The van der Waals surface area contributed by atoms with Crippen LogP contribution in [-0.2, 0) is 13.2 Å². The summed E-state index contributed by atoms with van der Waals surface area (Å²) in [6, 6.07) is 19.3. The maximum atomic E-state index is 10.1. The summed E-state index contributed by atoms with van der Waals surface area (Å²) in [6.45, 7) is 0.553. The largest absolute Gasteiger partial charge is 0.508 e. The summed E-state index contributed by atoms with van der Waals surface area (Å²) >= 11 is 0. The van der Waals surface area contributed by atoms with Gasteiger partial charge in [0.05, 0.1) is 6.61 Å². The van der Waals surface area contributed by atoms with E-state index in [1.54, 1.807) is 6.07 Å². The van der Waals surface area contributed by atoms with Crippen LogP contribution in [0, 0.1) is 0 Å². The van der Waals surface area contributed by atoms with E-state index in [1.165, 1.54) is 0 Å². The number of rotatable bonds is 4. The number of phenols is 1. The van der Waals surface area contributed by atoms with Gasteiger partial charge in [-0.05, 0) is 34.5 Å². The minimum absolute atomic E-state index is 0.0229. The van der Waals surface area contributed by atoms with Crippen LogP contribution in [0.3, 0.4) is 0 Å². The van der Waals surface area contributed by atoms with Crippen molar-refractivity contribution in [3.05, 3.63) is 71.8 Å². The fraction of sp³-hybridized carbons (Fsp3) is 0.111. The second-order valence-corrected chi connectivity index (χ2v) is 5.00. The van der Waals surface area contributed by atoms with Crippen LogP contribution in [0.1, 0.15) is 11.1 Å². The molecule has 0 heterocycles. The summed E-state index contributed by atoms with van der Waals surface area (Å²) in [5.74, 6) is 0.291. The topological polar surface area (TPSA) is 52.5 Å². The van der Waals surface area contributed by atoms with Crippen LogP contribution in [-0.4, -0.2) is 10.2 Å². The van der Waals surface area contributed by atoms with Crippen molar-refractivity contribution in [3.63, 3.8) is 0 Å². The molecule has 0 saturated heterocycles. The second-order valence-electron chi connectivity index (χ2n) is 5.00. The van der Waals surface area contributed by atoms with Gasteiger partial charge in [-0.1, -0.05) is 42.5 Å². The van der Waals surface area contributed by atoms with E-state index in [0.29, 0.717) is 12.3 Å². The van der Waals surface area contributed by atoms with Crippen LogP contribution < -0.4 is 5.32 Å². The van der Waals surface area contributed by atoms with Crippen molar-refractivity contribution < 1.29 is 10.2 Å². The second kappa shape index (κ2) is 5.85. The molecule has 0 saturated carbocycles. The molecule has 21 heavy (non-hydrogen) atoms. The van der Waals surface area contributed by atoms with E-state index >= 15 is 0 Å². The van der Waals surface area contributed by atoms with Crippen molar-refractivity contribution in [1.82, 2.24) is 0 Å². The molecule has 0 aliphatic heterocycles. The molecule has 3 rings (SSSR count). The molecule has 0 aromatic heterocycles. The Morgan fingerprint density at radius 3 is 2.62 bits per heavy atom. The Balaban J connectivity index is 1.89. The number of hydrogen-bond donors (Lipinski definition) is 3. The predicted octanol–water partition coefficient (Wildman–Crippen LogP) is 3.65. The highest BCUT2D eigenvalue weighted by atomic mass is 16.3. The van der Waals surface area contributed by atoms with Gasteiger partial charge in [-0.15, -0.1) is 0 Å². The molecule has 0 aliphatic carbocycles. The zero-order valence-electron chi connectivity index (χ0n) is 11.6. The molecule has 3 heteroatoms. The Labute approximate surface area is 123 Å². The number of anilines is 1. The molecule has 0 atom stereocenters. The van der Waals surface area contributed by atoms with Crippen LogP contribution >= 0.6 is 0 Å². The van der Waals surface area contributed by atoms with E-state index in [9.17, 15) is 5.11 Å². The molecule has 0 radical (unpaired) electrons. The van der Waals surface area contributed by atoms with E-state index in [0.717, 1.165) is 27.6 Å². The number of hydrogen-bond acceptors (Lipinski definition) is 3. The fourth-order valence-corrected chi connectivity index (χ4v) is 2.48. The van der Waals surface area contributed by atoms with Crippen LogP contribution in [0.25, 0.3) is 10.8 Å². The molecule has 0 fully saturated rings. The lowest BCUT2D eigenvalue weighted by Crippen LogP contribution is -2.01. The van der Waals surface area contributed by atoms with Crippen molar-refractivity contribution in [2.45, 2.75) is 13.2 Å². The molecule has 3 N–H and O–H groups in total. The number of benzene rings is 3. The molecule has 0 amide bonds. The van der Waals surface area contributed by atoms with Gasteiger partial charge in [0.15, 0.2) is 0 Å². The Hall–Kier alpha value is -2.52. The highest BCUT2D eigenvalue weighted by molar-refractivity contribution is 5.87. The van der Waals surface area contributed by atoms with Crippen molar-refractivity contribution in [3.8, 4) is 5.75 Å². The fourth-order valence-electron chi connectivity index (χ4n) is 2.48. The lowest BCUT2D eigenvalue weighted by atomic mass is 10.0. The first kappa shape index (κ1) is 13.5. The van der Waals surface area contributed by atoms with E-state index in [-0.39, 0.29) is 6.61 Å². The van der Waals surface area contributed by atoms with Gasteiger partial charge < -0.3 is 15.5 Å². The number of nitrogens with one attached hydrogen (secondary N) is 1. The van der Waals surface area contributed by atoms with Crippen LogP contribution in [0.15, 0.2) is 60.7 Å². The molecule has 0 unspecified atom stereocenters. The summed E-state index contributed by atoms with van der Waals surface area (Å²) in [5, 5.41) is 24.7. The summed E-state index contributed by atoms with van der Waals surface area (Å²) in [4.78, 5) is 0. The highest BCUT2D eigenvalue weighted by Crippen LogP contribution is 2.27. The van der Waals surface area contributed by atoms with Gasteiger partial charge in [-0.3, -0.25) is 0 Å². The molecule has 0 bridgehead atoms. The average molecular weight is 279 g/mol. The normalized spacial score (nSPS) is 10.7. The smallest absolute Gasteiger partial charge is 0.121 e. The molecular weight excluding hydrogens is 262 g/mol. The zero-order valence-corrected chi connectivity index (χ0v) is 11.6. The number of aromatic hydroxyl groups is 1. The van der Waals surface area contributed by atoms with E-state index in [4.69, 9.17) is 5.11 Å². The van der Waals surface area contributed by atoms with Gasteiger partial charge in [-0.2, -0.15) is 0 Å². The monoisotopic (exact) mass is 279 g/mol. The van der Waals surface area contributed by atoms with Gasteiger partial charge in [0.1, 0.15) is 5.75 Å². The first-order valence-corrected chi connectivity index (χ1v) is 6.91.